The van der Waals surface area contributed by atoms with Gasteiger partial charge in [-0.1, -0.05) is 30.3 Å². The molecule has 1 N–H and O–H groups in total. The molecule has 0 bridgehead atoms. The number of hydrogen-bond donors (Lipinski definition) is 1. The van der Waals surface area contributed by atoms with Crippen LogP contribution in [-0.4, -0.2) is 49.6 Å². The fraction of sp³-hybridized carbons (Fsp3) is 0.476. The van der Waals surface area contributed by atoms with Gasteiger partial charge in [0.2, 0.25) is 0 Å². The Morgan fingerprint density at radius 2 is 1.76 bits per heavy atom. The molecule has 2 aromatic carbocycles. The van der Waals surface area contributed by atoms with Crippen LogP contribution in [-0.2, 0) is 4.79 Å². The van der Waals surface area contributed by atoms with Crippen LogP contribution in [0, 0.1) is 0 Å². The molecule has 2 fully saturated rings. The number of benzene rings is 2. The lowest BCUT2D eigenvalue weighted by molar-refractivity contribution is -0.928. The van der Waals surface area contributed by atoms with Crippen LogP contribution in [0.5, 0.6) is 5.75 Å². The number of quaternary nitrogens is 1. The van der Waals surface area contributed by atoms with Gasteiger partial charge in [-0.3, -0.25) is 4.79 Å². The third-order valence-corrected chi connectivity index (χ3v) is 5.77. The molecular weight excluding hydrogens is 312 g/mol. The van der Waals surface area contributed by atoms with Crippen LogP contribution in [0.2, 0.25) is 0 Å². The van der Waals surface area contributed by atoms with E-state index in [1.54, 1.807) is 4.90 Å². The monoisotopic (exact) mass is 339 g/mol. The van der Waals surface area contributed by atoms with Crippen molar-refractivity contribution >= 4 is 16.7 Å². The Kier molecular flexibility index (Phi) is 4.88. The third-order valence-electron chi connectivity index (χ3n) is 5.77. The van der Waals surface area contributed by atoms with Gasteiger partial charge in [0.25, 0.3) is 5.91 Å². The smallest absolute Gasteiger partial charge is 0.260 e. The van der Waals surface area contributed by atoms with Gasteiger partial charge in [-0.05, 0) is 48.6 Å². The van der Waals surface area contributed by atoms with Crippen LogP contribution in [0.1, 0.15) is 25.7 Å². The number of hydrogen-bond acceptors (Lipinski definition) is 2. The Hall–Kier alpha value is -2.07. The molecule has 2 aromatic rings. The highest BCUT2D eigenvalue weighted by atomic mass is 16.5. The minimum absolute atomic E-state index is 0.110. The summed E-state index contributed by atoms with van der Waals surface area (Å²) in [5.41, 5.74) is 0. The first-order chi connectivity index (χ1) is 12.3. The molecule has 132 valence electrons. The Labute approximate surface area is 149 Å². The van der Waals surface area contributed by atoms with Crippen molar-refractivity contribution in [3.8, 4) is 5.75 Å². The zero-order valence-corrected chi connectivity index (χ0v) is 14.7. The second kappa shape index (κ2) is 7.44. The van der Waals surface area contributed by atoms with Gasteiger partial charge >= 0.3 is 0 Å². The molecule has 1 saturated heterocycles. The van der Waals surface area contributed by atoms with E-state index >= 15 is 0 Å². The number of fused-ring (bicyclic) bond motifs is 1. The van der Waals surface area contributed by atoms with Gasteiger partial charge in [0.05, 0.1) is 32.2 Å². The lowest BCUT2D eigenvalue weighted by Gasteiger charge is -2.35. The maximum absolute atomic E-state index is 12.5. The van der Waals surface area contributed by atoms with Crippen LogP contribution < -0.4 is 9.64 Å². The average molecular weight is 339 g/mol. The van der Waals surface area contributed by atoms with Gasteiger partial charge in [-0.15, -0.1) is 0 Å². The van der Waals surface area contributed by atoms with Crippen molar-refractivity contribution in [3.63, 3.8) is 0 Å². The fourth-order valence-electron chi connectivity index (χ4n) is 4.28. The van der Waals surface area contributed by atoms with E-state index in [1.807, 2.05) is 35.2 Å². The molecule has 4 heteroatoms. The highest BCUT2D eigenvalue weighted by molar-refractivity contribution is 5.84. The Balaban J connectivity index is 1.28. The highest BCUT2D eigenvalue weighted by Crippen LogP contribution is 2.20. The van der Waals surface area contributed by atoms with Crippen LogP contribution >= 0.6 is 0 Å². The van der Waals surface area contributed by atoms with Crippen molar-refractivity contribution in [2.75, 3.05) is 32.8 Å². The number of amides is 1. The molecule has 0 atom stereocenters. The predicted molar refractivity (Wildman–Crippen MR) is 99.0 cm³/mol. The molecule has 1 saturated carbocycles. The summed E-state index contributed by atoms with van der Waals surface area (Å²) in [6, 6.07) is 15.0. The van der Waals surface area contributed by atoms with Crippen molar-refractivity contribution in [2.45, 2.75) is 31.7 Å². The van der Waals surface area contributed by atoms with E-state index in [2.05, 4.69) is 12.1 Å². The first-order valence-electron chi connectivity index (χ1n) is 9.53. The third kappa shape index (κ3) is 3.79. The minimum atomic E-state index is 0.110. The summed E-state index contributed by atoms with van der Waals surface area (Å²) in [6.07, 6.45) is 5.51. The van der Waals surface area contributed by atoms with Gasteiger partial charge in [-0.2, -0.15) is 0 Å². The van der Waals surface area contributed by atoms with Crippen LogP contribution in [0.3, 0.4) is 0 Å². The Morgan fingerprint density at radius 1 is 1.04 bits per heavy atom. The summed E-state index contributed by atoms with van der Waals surface area (Å²) in [6.45, 7) is 4.05. The SMILES string of the molecule is O=C(COc1ccc2ccccc2c1)N1CC[NH+](C2CCCC2)CC1. The fourth-order valence-corrected chi connectivity index (χ4v) is 4.28. The molecular formula is C21H27N2O2+. The second-order valence-corrected chi connectivity index (χ2v) is 7.32. The normalized spacial score (nSPS) is 19.4. The average Bonchev–Trinajstić information content (AvgIpc) is 3.21. The summed E-state index contributed by atoms with van der Waals surface area (Å²) in [5.74, 6) is 0.876. The lowest BCUT2D eigenvalue weighted by Crippen LogP contribution is -3.18. The lowest BCUT2D eigenvalue weighted by atomic mass is 10.1. The van der Waals surface area contributed by atoms with Crippen molar-refractivity contribution in [1.29, 1.82) is 0 Å². The molecule has 1 aliphatic carbocycles. The first-order valence-corrected chi connectivity index (χ1v) is 9.53. The molecule has 4 nitrogen and oxygen atoms in total. The molecule has 0 aromatic heterocycles. The van der Waals surface area contributed by atoms with E-state index in [-0.39, 0.29) is 12.5 Å². The van der Waals surface area contributed by atoms with Crippen molar-refractivity contribution < 1.29 is 14.4 Å². The molecule has 2 aliphatic rings. The van der Waals surface area contributed by atoms with E-state index < -0.39 is 0 Å². The largest absolute Gasteiger partial charge is 0.484 e. The molecule has 0 radical (unpaired) electrons. The minimum Gasteiger partial charge on any atom is -0.484 e. The quantitative estimate of drug-likeness (QED) is 0.923. The van der Waals surface area contributed by atoms with Gasteiger partial charge < -0.3 is 14.5 Å². The van der Waals surface area contributed by atoms with Gasteiger partial charge in [0.1, 0.15) is 5.75 Å². The first kappa shape index (κ1) is 16.4. The summed E-state index contributed by atoms with van der Waals surface area (Å²) >= 11 is 0. The molecule has 4 rings (SSSR count). The molecule has 1 heterocycles. The van der Waals surface area contributed by atoms with Crippen LogP contribution in [0.4, 0.5) is 0 Å². The van der Waals surface area contributed by atoms with E-state index in [4.69, 9.17) is 4.74 Å². The number of nitrogens with zero attached hydrogens (tertiary/aromatic N) is 1. The summed E-state index contributed by atoms with van der Waals surface area (Å²) in [4.78, 5) is 16.1. The molecule has 1 amide bonds. The summed E-state index contributed by atoms with van der Waals surface area (Å²) in [5, 5.41) is 2.33. The highest BCUT2D eigenvalue weighted by Gasteiger charge is 2.31. The number of piperazine rings is 1. The zero-order chi connectivity index (χ0) is 17.1. The zero-order valence-electron chi connectivity index (χ0n) is 14.7. The number of nitrogens with one attached hydrogen (secondary N) is 1. The summed E-state index contributed by atoms with van der Waals surface area (Å²) in [7, 11) is 0. The summed E-state index contributed by atoms with van der Waals surface area (Å²) < 4.78 is 5.76. The van der Waals surface area contributed by atoms with E-state index in [1.165, 1.54) is 31.1 Å². The molecule has 0 spiro atoms. The standard InChI is InChI=1S/C21H26N2O2/c24-21(23-13-11-22(12-14-23)19-7-3-4-8-19)16-25-20-10-9-17-5-1-2-6-18(17)15-20/h1-2,5-6,9-10,15,19H,3-4,7-8,11-14,16H2/p+1. The van der Waals surface area contributed by atoms with E-state index in [9.17, 15) is 4.79 Å². The number of ether oxygens (including phenoxy) is 1. The van der Waals surface area contributed by atoms with Crippen LogP contribution in [0.25, 0.3) is 10.8 Å². The van der Waals surface area contributed by atoms with Crippen molar-refractivity contribution in [3.05, 3.63) is 42.5 Å². The van der Waals surface area contributed by atoms with Crippen LogP contribution in [0.15, 0.2) is 42.5 Å². The maximum Gasteiger partial charge on any atom is 0.260 e. The number of carbonyl (C=O) groups is 1. The van der Waals surface area contributed by atoms with E-state index in [0.29, 0.717) is 0 Å². The van der Waals surface area contributed by atoms with Gasteiger partial charge in [-0.25, -0.2) is 0 Å². The number of carbonyl (C=O) groups excluding carboxylic acids is 1. The van der Waals surface area contributed by atoms with Gasteiger partial charge in [0.15, 0.2) is 6.61 Å². The number of rotatable bonds is 4. The molecule has 0 unspecified atom stereocenters. The van der Waals surface area contributed by atoms with E-state index in [0.717, 1.165) is 43.4 Å². The predicted octanol–water partition coefficient (Wildman–Crippen LogP) is 1.89. The molecule has 1 aliphatic heterocycles. The van der Waals surface area contributed by atoms with Gasteiger partial charge in [0, 0.05) is 0 Å². The second-order valence-electron chi connectivity index (χ2n) is 7.32. The van der Waals surface area contributed by atoms with Crippen molar-refractivity contribution in [1.82, 2.24) is 4.90 Å². The van der Waals surface area contributed by atoms with Crippen molar-refractivity contribution in [2.24, 2.45) is 0 Å². The molecule has 25 heavy (non-hydrogen) atoms. The topological polar surface area (TPSA) is 34.0 Å². The maximum atomic E-state index is 12.5. The Bertz CT molecular complexity index is 732. The Morgan fingerprint density at radius 3 is 2.52 bits per heavy atom.